The van der Waals surface area contributed by atoms with Crippen LogP contribution < -0.4 is 14.8 Å². The molecule has 1 aliphatic heterocycles. The number of amidine groups is 1. The van der Waals surface area contributed by atoms with Crippen LogP contribution in [0.15, 0.2) is 141 Å². The Hall–Kier alpha value is -5.58. The van der Waals surface area contributed by atoms with E-state index >= 15 is 0 Å². The zero-order valence-corrected chi connectivity index (χ0v) is 27.1. The molecule has 6 rings (SSSR count). The van der Waals surface area contributed by atoms with Crippen molar-refractivity contribution >= 4 is 58.3 Å². The van der Waals surface area contributed by atoms with Crippen molar-refractivity contribution < 1.29 is 23.5 Å². The SMILES string of the molecule is O=C(COc1ccccc1/C=C1\S/C(=N\N=C\c2cccc(OCc3ccccc3)c2)N(Cc2ccco2)C1=O)Nc1ccc(Cl)cc1. The van der Waals surface area contributed by atoms with Gasteiger partial charge in [-0.1, -0.05) is 72.3 Å². The van der Waals surface area contributed by atoms with Crippen LogP contribution in [0.2, 0.25) is 5.02 Å². The predicted molar refractivity (Wildman–Crippen MR) is 189 cm³/mol. The van der Waals surface area contributed by atoms with Gasteiger partial charge in [-0.25, -0.2) is 0 Å². The van der Waals surface area contributed by atoms with Crippen LogP contribution in [0.25, 0.3) is 6.08 Å². The van der Waals surface area contributed by atoms with Crippen molar-refractivity contribution in [1.82, 2.24) is 4.90 Å². The molecule has 48 heavy (non-hydrogen) atoms. The molecule has 0 unspecified atom stereocenters. The van der Waals surface area contributed by atoms with E-state index in [-0.39, 0.29) is 25.0 Å². The predicted octanol–water partition coefficient (Wildman–Crippen LogP) is 8.04. The number of furan rings is 1. The highest BCUT2D eigenvalue weighted by Gasteiger charge is 2.34. The lowest BCUT2D eigenvalue weighted by atomic mass is 10.2. The summed E-state index contributed by atoms with van der Waals surface area (Å²) in [5.74, 6) is 1.14. The van der Waals surface area contributed by atoms with E-state index in [0.29, 0.717) is 50.2 Å². The first-order valence-corrected chi connectivity index (χ1v) is 16.1. The minimum atomic E-state index is -0.337. The van der Waals surface area contributed by atoms with Gasteiger partial charge in [0.2, 0.25) is 0 Å². The van der Waals surface area contributed by atoms with Gasteiger partial charge in [0.15, 0.2) is 11.8 Å². The molecule has 2 heterocycles. The molecule has 1 aromatic heterocycles. The number of carbonyl (C=O) groups excluding carboxylic acids is 2. The van der Waals surface area contributed by atoms with E-state index in [9.17, 15) is 9.59 Å². The standard InChI is InChI=1S/C37H29ClN4O5S/c38-29-15-17-30(18-16-29)40-35(43)25-47-33-14-5-4-11-28(33)21-34-36(44)42(23-32-13-7-19-45-32)37(48-34)41-39-22-27-10-6-12-31(20-27)46-24-26-8-2-1-3-9-26/h1-22H,23-25H2,(H,40,43)/b34-21-,39-22+,41-37-. The first kappa shape index (κ1) is 32.4. The number of para-hydroxylation sites is 1. The van der Waals surface area contributed by atoms with Gasteiger partial charge in [-0.15, -0.1) is 5.10 Å². The number of nitrogens with zero attached hydrogens (tertiary/aromatic N) is 3. The molecule has 9 nitrogen and oxygen atoms in total. The van der Waals surface area contributed by atoms with Crippen molar-refractivity contribution in [3.05, 3.63) is 154 Å². The van der Waals surface area contributed by atoms with E-state index in [1.807, 2.05) is 66.7 Å². The van der Waals surface area contributed by atoms with Crippen molar-refractivity contribution in [2.75, 3.05) is 11.9 Å². The van der Waals surface area contributed by atoms with E-state index < -0.39 is 0 Å². The van der Waals surface area contributed by atoms with Gasteiger partial charge in [-0.3, -0.25) is 14.5 Å². The van der Waals surface area contributed by atoms with Crippen LogP contribution >= 0.6 is 23.4 Å². The van der Waals surface area contributed by atoms with E-state index in [1.165, 1.54) is 16.7 Å². The van der Waals surface area contributed by atoms with Crippen LogP contribution in [0.4, 0.5) is 5.69 Å². The van der Waals surface area contributed by atoms with Gasteiger partial charge in [0.1, 0.15) is 23.9 Å². The number of rotatable bonds is 12. The molecule has 0 bridgehead atoms. The van der Waals surface area contributed by atoms with Crippen LogP contribution in [0.1, 0.15) is 22.5 Å². The molecule has 1 aliphatic rings. The minimum Gasteiger partial charge on any atom is -0.489 e. The van der Waals surface area contributed by atoms with Crippen molar-refractivity contribution in [3.63, 3.8) is 0 Å². The fourth-order valence-electron chi connectivity index (χ4n) is 4.60. The first-order chi connectivity index (χ1) is 23.5. The van der Waals surface area contributed by atoms with Crippen LogP contribution in [-0.4, -0.2) is 34.7 Å². The zero-order valence-electron chi connectivity index (χ0n) is 25.5. The summed E-state index contributed by atoms with van der Waals surface area (Å²) in [5, 5.41) is 12.4. The number of anilines is 1. The summed E-state index contributed by atoms with van der Waals surface area (Å²) in [5.41, 5.74) is 3.09. The summed E-state index contributed by atoms with van der Waals surface area (Å²) >= 11 is 7.11. The quantitative estimate of drug-likeness (QED) is 0.0815. The number of nitrogens with one attached hydrogen (secondary N) is 1. The largest absolute Gasteiger partial charge is 0.489 e. The summed E-state index contributed by atoms with van der Waals surface area (Å²) in [4.78, 5) is 28.1. The third-order valence-corrected chi connectivity index (χ3v) is 8.18. The van der Waals surface area contributed by atoms with Crippen LogP contribution in [0.3, 0.4) is 0 Å². The molecule has 2 amide bonds. The number of ether oxygens (including phenoxy) is 2. The van der Waals surface area contributed by atoms with Crippen molar-refractivity contribution in [2.24, 2.45) is 10.2 Å². The molecule has 1 N–H and O–H groups in total. The Morgan fingerprint density at radius 3 is 2.54 bits per heavy atom. The lowest BCUT2D eigenvalue weighted by Gasteiger charge is -2.12. The van der Waals surface area contributed by atoms with Gasteiger partial charge >= 0.3 is 0 Å². The third-order valence-electron chi connectivity index (χ3n) is 6.93. The maximum absolute atomic E-state index is 13.6. The lowest BCUT2D eigenvalue weighted by molar-refractivity contribution is -0.122. The molecule has 11 heteroatoms. The molecule has 0 atom stereocenters. The van der Waals surface area contributed by atoms with Gasteiger partial charge in [0, 0.05) is 16.3 Å². The second-order valence-corrected chi connectivity index (χ2v) is 11.9. The van der Waals surface area contributed by atoms with Crippen LogP contribution in [-0.2, 0) is 22.7 Å². The summed E-state index contributed by atoms with van der Waals surface area (Å²) in [6, 6.07) is 35.0. The summed E-state index contributed by atoms with van der Waals surface area (Å²) < 4.78 is 17.3. The molecule has 5 aromatic rings. The Bertz CT molecular complexity index is 1960. The Balaban J connectivity index is 1.16. The zero-order chi connectivity index (χ0) is 33.1. The maximum atomic E-state index is 13.6. The highest BCUT2D eigenvalue weighted by Crippen LogP contribution is 2.35. The molecule has 240 valence electrons. The van der Waals surface area contributed by atoms with Crippen molar-refractivity contribution in [3.8, 4) is 11.5 Å². The number of hydrogen-bond donors (Lipinski definition) is 1. The maximum Gasteiger partial charge on any atom is 0.267 e. The van der Waals surface area contributed by atoms with Gasteiger partial charge in [-0.2, -0.15) is 5.10 Å². The van der Waals surface area contributed by atoms with Gasteiger partial charge in [0.25, 0.3) is 11.8 Å². The van der Waals surface area contributed by atoms with Crippen LogP contribution in [0.5, 0.6) is 11.5 Å². The molecule has 4 aromatic carbocycles. The average molecular weight is 677 g/mol. The van der Waals surface area contributed by atoms with Gasteiger partial charge in [0.05, 0.1) is 23.9 Å². The summed E-state index contributed by atoms with van der Waals surface area (Å²) in [6.07, 6.45) is 4.88. The Labute approximate surface area is 286 Å². The van der Waals surface area contributed by atoms with Crippen molar-refractivity contribution in [2.45, 2.75) is 13.2 Å². The highest BCUT2D eigenvalue weighted by atomic mass is 35.5. The fourth-order valence-corrected chi connectivity index (χ4v) is 5.65. The molecule has 1 fully saturated rings. The Kier molecular flexibility index (Phi) is 10.7. The summed E-state index contributed by atoms with van der Waals surface area (Å²) in [7, 11) is 0. The number of amides is 2. The second kappa shape index (κ2) is 15.8. The Morgan fingerprint density at radius 2 is 1.73 bits per heavy atom. The molecular formula is C37H29ClN4O5S. The molecular weight excluding hydrogens is 648 g/mol. The van der Waals surface area contributed by atoms with Gasteiger partial charge in [-0.05, 0) is 83.6 Å². The number of halogens is 1. The summed E-state index contributed by atoms with van der Waals surface area (Å²) in [6.45, 7) is 0.398. The lowest BCUT2D eigenvalue weighted by Crippen LogP contribution is -2.28. The fraction of sp³-hybridized carbons (Fsp3) is 0.0811. The first-order valence-electron chi connectivity index (χ1n) is 14.9. The molecule has 0 spiro atoms. The third kappa shape index (κ3) is 8.81. The normalized spacial score (nSPS) is 14.6. The number of carbonyl (C=O) groups is 2. The Morgan fingerprint density at radius 1 is 0.917 bits per heavy atom. The van der Waals surface area contributed by atoms with E-state index in [4.69, 9.17) is 25.5 Å². The molecule has 0 saturated carbocycles. The van der Waals surface area contributed by atoms with Crippen molar-refractivity contribution in [1.29, 1.82) is 0 Å². The average Bonchev–Trinajstić information content (AvgIpc) is 3.73. The van der Waals surface area contributed by atoms with Gasteiger partial charge < -0.3 is 19.2 Å². The topological polar surface area (TPSA) is 106 Å². The van der Waals surface area contributed by atoms with E-state index in [0.717, 1.165) is 11.1 Å². The number of hydrogen-bond acceptors (Lipinski definition) is 8. The van der Waals surface area contributed by atoms with E-state index in [2.05, 4.69) is 15.5 Å². The van der Waals surface area contributed by atoms with Crippen LogP contribution in [0, 0.1) is 0 Å². The number of benzene rings is 4. The number of thioether (sulfide) groups is 1. The monoisotopic (exact) mass is 676 g/mol. The molecule has 0 radical (unpaired) electrons. The smallest absolute Gasteiger partial charge is 0.267 e. The van der Waals surface area contributed by atoms with E-state index in [1.54, 1.807) is 67.1 Å². The second-order valence-electron chi connectivity index (χ2n) is 10.4. The molecule has 0 aliphatic carbocycles. The molecule has 1 saturated heterocycles. The minimum absolute atomic E-state index is 0.177. The highest BCUT2D eigenvalue weighted by molar-refractivity contribution is 8.18.